The van der Waals surface area contributed by atoms with Gasteiger partial charge in [0.1, 0.15) is 6.33 Å². The van der Waals surface area contributed by atoms with E-state index in [9.17, 15) is 4.79 Å². The lowest BCUT2D eigenvalue weighted by Crippen LogP contribution is -2.28. The van der Waals surface area contributed by atoms with Crippen molar-refractivity contribution in [2.75, 3.05) is 5.75 Å². The minimum absolute atomic E-state index is 0.0380. The van der Waals surface area contributed by atoms with E-state index >= 15 is 0 Å². The lowest BCUT2D eigenvalue weighted by molar-refractivity contribution is -0.119. The van der Waals surface area contributed by atoms with E-state index in [1.165, 1.54) is 17.3 Å². The van der Waals surface area contributed by atoms with Crippen molar-refractivity contribution in [2.24, 2.45) is 0 Å². The molecule has 0 radical (unpaired) electrons. The van der Waals surface area contributed by atoms with E-state index in [2.05, 4.69) is 51.9 Å². The first-order valence-corrected chi connectivity index (χ1v) is 11.1. The van der Waals surface area contributed by atoms with Crippen LogP contribution >= 0.6 is 11.8 Å². The SMILES string of the molecule is Cc1ccccc1-n1cnnc1SCC(=O)N[C@H](C)c1ccc(-c2ccccc2)cc1. The Kier molecular flexibility index (Phi) is 6.48. The number of para-hydroxylation sites is 1. The summed E-state index contributed by atoms with van der Waals surface area (Å²) in [5.74, 6) is 0.237. The van der Waals surface area contributed by atoms with Gasteiger partial charge in [0.25, 0.3) is 0 Å². The van der Waals surface area contributed by atoms with E-state index in [1.54, 1.807) is 6.33 Å². The molecule has 31 heavy (non-hydrogen) atoms. The van der Waals surface area contributed by atoms with Gasteiger partial charge in [-0.15, -0.1) is 10.2 Å². The van der Waals surface area contributed by atoms with Crippen LogP contribution in [0.5, 0.6) is 0 Å². The highest BCUT2D eigenvalue weighted by Gasteiger charge is 2.14. The summed E-state index contributed by atoms with van der Waals surface area (Å²) in [5, 5.41) is 12.0. The van der Waals surface area contributed by atoms with Crippen LogP contribution in [0.3, 0.4) is 0 Å². The second-order valence-corrected chi connectivity index (χ2v) is 8.28. The van der Waals surface area contributed by atoms with Gasteiger partial charge in [-0.3, -0.25) is 9.36 Å². The lowest BCUT2D eigenvalue weighted by Gasteiger charge is -2.15. The fraction of sp³-hybridized carbons (Fsp3) is 0.160. The molecule has 4 rings (SSSR count). The molecule has 0 bridgehead atoms. The van der Waals surface area contributed by atoms with Crippen molar-refractivity contribution in [2.45, 2.75) is 25.0 Å². The number of hydrogen-bond acceptors (Lipinski definition) is 4. The minimum atomic E-state index is -0.0767. The van der Waals surface area contributed by atoms with Crippen LogP contribution < -0.4 is 5.32 Å². The molecule has 0 unspecified atom stereocenters. The maximum atomic E-state index is 12.5. The van der Waals surface area contributed by atoms with Gasteiger partial charge in [-0.25, -0.2) is 0 Å². The van der Waals surface area contributed by atoms with Crippen LogP contribution in [0.2, 0.25) is 0 Å². The van der Waals surface area contributed by atoms with Gasteiger partial charge < -0.3 is 5.32 Å². The second-order valence-electron chi connectivity index (χ2n) is 7.34. The number of carbonyl (C=O) groups excluding carboxylic acids is 1. The average molecular weight is 429 g/mol. The zero-order chi connectivity index (χ0) is 21.6. The van der Waals surface area contributed by atoms with E-state index in [0.29, 0.717) is 5.16 Å². The molecule has 0 aliphatic heterocycles. The molecular formula is C25H24N4OS. The number of carbonyl (C=O) groups is 1. The van der Waals surface area contributed by atoms with Crippen molar-refractivity contribution in [1.82, 2.24) is 20.1 Å². The van der Waals surface area contributed by atoms with Gasteiger partial charge in [0.2, 0.25) is 5.91 Å². The third-order valence-electron chi connectivity index (χ3n) is 5.12. The first-order valence-electron chi connectivity index (χ1n) is 10.2. The Hall–Kier alpha value is -3.38. The molecule has 1 N–H and O–H groups in total. The van der Waals surface area contributed by atoms with Gasteiger partial charge in [-0.2, -0.15) is 0 Å². The van der Waals surface area contributed by atoms with Crippen molar-refractivity contribution in [1.29, 1.82) is 0 Å². The highest BCUT2D eigenvalue weighted by molar-refractivity contribution is 7.99. The molecule has 6 heteroatoms. The number of nitrogens with one attached hydrogen (secondary N) is 1. The van der Waals surface area contributed by atoms with Gasteiger partial charge in [-0.1, -0.05) is 84.6 Å². The molecule has 3 aromatic carbocycles. The van der Waals surface area contributed by atoms with E-state index in [1.807, 2.05) is 60.9 Å². The molecule has 0 saturated heterocycles. The molecule has 1 amide bonds. The van der Waals surface area contributed by atoms with Crippen LogP contribution in [0.25, 0.3) is 16.8 Å². The fourth-order valence-corrected chi connectivity index (χ4v) is 4.15. The molecule has 4 aromatic rings. The van der Waals surface area contributed by atoms with Crippen LogP contribution in [0.1, 0.15) is 24.1 Å². The fourth-order valence-electron chi connectivity index (χ4n) is 3.41. The number of thioether (sulfide) groups is 1. The summed E-state index contributed by atoms with van der Waals surface area (Å²) in [7, 11) is 0. The molecule has 1 aromatic heterocycles. The summed E-state index contributed by atoms with van der Waals surface area (Å²) in [4.78, 5) is 12.5. The molecule has 1 atom stereocenters. The third-order valence-corrected chi connectivity index (χ3v) is 6.06. The Morgan fingerprint density at radius 3 is 2.39 bits per heavy atom. The monoisotopic (exact) mass is 428 g/mol. The summed E-state index contributed by atoms with van der Waals surface area (Å²) < 4.78 is 1.92. The van der Waals surface area contributed by atoms with E-state index in [-0.39, 0.29) is 17.7 Å². The number of rotatable bonds is 7. The lowest BCUT2D eigenvalue weighted by atomic mass is 10.0. The highest BCUT2D eigenvalue weighted by atomic mass is 32.2. The van der Waals surface area contributed by atoms with E-state index < -0.39 is 0 Å². The van der Waals surface area contributed by atoms with Crippen molar-refractivity contribution in [3.05, 3.63) is 96.3 Å². The summed E-state index contributed by atoms with van der Waals surface area (Å²) in [6.07, 6.45) is 1.68. The van der Waals surface area contributed by atoms with Crippen LogP contribution in [0.15, 0.2) is 90.3 Å². The summed E-state index contributed by atoms with van der Waals surface area (Å²) in [6.45, 7) is 4.04. The second kappa shape index (κ2) is 9.62. The molecular weight excluding hydrogens is 404 g/mol. The Morgan fingerprint density at radius 1 is 0.968 bits per heavy atom. The largest absolute Gasteiger partial charge is 0.349 e. The summed E-state index contributed by atoms with van der Waals surface area (Å²) in [5.41, 5.74) is 5.55. The molecule has 1 heterocycles. The molecule has 0 spiro atoms. The first kappa shape index (κ1) is 20.9. The molecule has 0 aliphatic rings. The van der Waals surface area contributed by atoms with Gasteiger partial charge >= 0.3 is 0 Å². The Labute approximate surface area is 186 Å². The number of amides is 1. The van der Waals surface area contributed by atoms with Crippen LogP contribution in [-0.4, -0.2) is 26.4 Å². The molecule has 0 saturated carbocycles. The topological polar surface area (TPSA) is 59.8 Å². The predicted molar refractivity (Wildman–Crippen MR) is 125 cm³/mol. The normalized spacial score (nSPS) is 11.8. The van der Waals surface area contributed by atoms with Gasteiger partial charge in [0.05, 0.1) is 17.5 Å². The minimum Gasteiger partial charge on any atom is -0.349 e. The number of aryl methyl sites for hydroxylation is 1. The van der Waals surface area contributed by atoms with Gasteiger partial charge in [0.15, 0.2) is 5.16 Å². The number of benzene rings is 3. The van der Waals surface area contributed by atoms with Crippen LogP contribution in [0.4, 0.5) is 0 Å². The molecule has 5 nitrogen and oxygen atoms in total. The maximum absolute atomic E-state index is 12.5. The Balaban J connectivity index is 1.36. The number of nitrogens with zero attached hydrogens (tertiary/aromatic N) is 3. The van der Waals surface area contributed by atoms with Crippen LogP contribution in [0, 0.1) is 6.92 Å². The molecule has 0 fully saturated rings. The third kappa shape index (κ3) is 5.03. The standard InChI is InChI=1S/C25H24N4OS/c1-18-8-6-7-11-23(18)29-17-26-28-25(29)31-16-24(30)27-19(2)20-12-14-22(15-13-20)21-9-4-3-5-10-21/h3-15,17,19H,16H2,1-2H3,(H,27,30)/t19-/m1/s1. The summed E-state index contributed by atoms with van der Waals surface area (Å²) >= 11 is 1.38. The van der Waals surface area contributed by atoms with Crippen molar-refractivity contribution < 1.29 is 4.79 Å². The summed E-state index contributed by atoms with van der Waals surface area (Å²) in [6, 6.07) is 26.5. The first-order chi connectivity index (χ1) is 15.1. The quantitative estimate of drug-likeness (QED) is 0.411. The van der Waals surface area contributed by atoms with E-state index in [4.69, 9.17) is 0 Å². The molecule has 0 aliphatic carbocycles. The zero-order valence-corrected chi connectivity index (χ0v) is 18.3. The van der Waals surface area contributed by atoms with Crippen molar-refractivity contribution in [3.63, 3.8) is 0 Å². The predicted octanol–water partition coefficient (Wildman–Crippen LogP) is 5.21. The zero-order valence-electron chi connectivity index (χ0n) is 17.5. The van der Waals surface area contributed by atoms with Gasteiger partial charge in [-0.05, 0) is 42.2 Å². The Bertz CT molecular complexity index is 1160. The van der Waals surface area contributed by atoms with Crippen LogP contribution in [-0.2, 0) is 4.79 Å². The highest BCUT2D eigenvalue weighted by Crippen LogP contribution is 2.23. The van der Waals surface area contributed by atoms with E-state index in [0.717, 1.165) is 22.4 Å². The van der Waals surface area contributed by atoms with Crippen molar-refractivity contribution in [3.8, 4) is 16.8 Å². The van der Waals surface area contributed by atoms with Crippen molar-refractivity contribution >= 4 is 17.7 Å². The maximum Gasteiger partial charge on any atom is 0.230 e. The van der Waals surface area contributed by atoms with Gasteiger partial charge in [0, 0.05) is 0 Å². The number of aromatic nitrogens is 3. The average Bonchev–Trinajstić information content (AvgIpc) is 3.27. The smallest absolute Gasteiger partial charge is 0.230 e. The Morgan fingerprint density at radius 2 is 1.65 bits per heavy atom. The molecule has 156 valence electrons. The number of hydrogen-bond donors (Lipinski definition) is 1.